The number of fused-ring (bicyclic) bond motifs is 1. The number of likely N-dealkylation sites (N-methyl/N-ethyl adjacent to an activating group) is 1. The standard InChI is InChI=1S/C23H23N3O5/c1-26(13-16-8-9-20-21(11-16)31-15-30-20)14-22(27)25-19-7-3-2-6-18(19)23(28)24-12-17-5-4-10-29-17/h2-11H,12-15H2,1H3,(H,24,28)(H,25,27). The smallest absolute Gasteiger partial charge is 0.253 e. The van der Waals surface area contributed by atoms with Gasteiger partial charge in [0, 0.05) is 6.54 Å². The molecule has 1 aliphatic rings. The number of carbonyl (C=O) groups is 2. The lowest BCUT2D eigenvalue weighted by Crippen LogP contribution is -2.31. The summed E-state index contributed by atoms with van der Waals surface area (Å²) in [6, 6.07) is 16.2. The van der Waals surface area contributed by atoms with Crippen LogP contribution in [0.2, 0.25) is 0 Å². The summed E-state index contributed by atoms with van der Waals surface area (Å²) >= 11 is 0. The lowest BCUT2D eigenvalue weighted by atomic mass is 10.1. The molecular formula is C23H23N3O5. The van der Waals surface area contributed by atoms with Crippen molar-refractivity contribution in [3.05, 3.63) is 77.7 Å². The molecule has 0 radical (unpaired) electrons. The number of ether oxygens (including phenoxy) is 2. The first-order valence-electron chi connectivity index (χ1n) is 9.85. The molecule has 160 valence electrons. The Balaban J connectivity index is 1.33. The van der Waals surface area contributed by atoms with Crippen LogP contribution in [0.1, 0.15) is 21.7 Å². The van der Waals surface area contributed by atoms with Crippen LogP contribution >= 0.6 is 0 Å². The van der Waals surface area contributed by atoms with Crippen LogP contribution in [-0.4, -0.2) is 37.1 Å². The molecule has 0 saturated carbocycles. The summed E-state index contributed by atoms with van der Waals surface area (Å²) in [4.78, 5) is 27.0. The van der Waals surface area contributed by atoms with Crippen LogP contribution in [0.4, 0.5) is 5.69 Å². The Morgan fingerprint density at radius 2 is 1.87 bits per heavy atom. The van der Waals surface area contributed by atoms with Crippen molar-refractivity contribution in [2.24, 2.45) is 0 Å². The van der Waals surface area contributed by atoms with E-state index in [1.165, 1.54) is 0 Å². The fourth-order valence-corrected chi connectivity index (χ4v) is 3.31. The van der Waals surface area contributed by atoms with Gasteiger partial charge in [-0.2, -0.15) is 0 Å². The zero-order valence-corrected chi connectivity index (χ0v) is 17.1. The summed E-state index contributed by atoms with van der Waals surface area (Å²) < 4.78 is 15.9. The maximum atomic E-state index is 12.6. The molecule has 4 rings (SSSR count). The molecule has 31 heavy (non-hydrogen) atoms. The molecule has 0 atom stereocenters. The Hall–Kier alpha value is -3.78. The van der Waals surface area contributed by atoms with Gasteiger partial charge in [0.05, 0.1) is 30.6 Å². The monoisotopic (exact) mass is 421 g/mol. The first-order valence-corrected chi connectivity index (χ1v) is 9.85. The molecule has 0 saturated heterocycles. The van der Waals surface area contributed by atoms with Gasteiger partial charge in [0.2, 0.25) is 12.7 Å². The van der Waals surface area contributed by atoms with Gasteiger partial charge in [0.25, 0.3) is 5.91 Å². The number of nitrogens with zero attached hydrogens (tertiary/aromatic N) is 1. The number of furan rings is 1. The van der Waals surface area contributed by atoms with Crippen LogP contribution in [0, 0.1) is 0 Å². The van der Waals surface area contributed by atoms with E-state index in [2.05, 4.69) is 10.6 Å². The number of hydrogen-bond donors (Lipinski definition) is 2. The minimum atomic E-state index is -0.291. The third kappa shape index (κ3) is 5.23. The van der Waals surface area contributed by atoms with Crippen molar-refractivity contribution in [1.29, 1.82) is 0 Å². The number of benzene rings is 2. The van der Waals surface area contributed by atoms with Gasteiger partial charge >= 0.3 is 0 Å². The number of amides is 2. The molecule has 0 aliphatic carbocycles. The van der Waals surface area contributed by atoms with Crippen molar-refractivity contribution < 1.29 is 23.5 Å². The summed E-state index contributed by atoms with van der Waals surface area (Å²) in [5, 5.41) is 5.63. The van der Waals surface area contributed by atoms with Gasteiger partial charge in [-0.1, -0.05) is 18.2 Å². The third-order valence-corrected chi connectivity index (χ3v) is 4.75. The molecule has 0 spiro atoms. The van der Waals surface area contributed by atoms with E-state index >= 15 is 0 Å². The largest absolute Gasteiger partial charge is 0.467 e. The number of rotatable bonds is 8. The summed E-state index contributed by atoms with van der Waals surface area (Å²) in [6.07, 6.45) is 1.55. The number of nitrogens with one attached hydrogen (secondary N) is 2. The molecule has 2 amide bonds. The van der Waals surface area contributed by atoms with Crippen molar-refractivity contribution in [2.45, 2.75) is 13.1 Å². The Morgan fingerprint density at radius 1 is 1.03 bits per heavy atom. The van der Waals surface area contributed by atoms with Crippen LogP contribution in [0.15, 0.2) is 65.3 Å². The van der Waals surface area contributed by atoms with E-state index in [1.54, 1.807) is 42.7 Å². The van der Waals surface area contributed by atoms with Gasteiger partial charge in [-0.3, -0.25) is 14.5 Å². The van der Waals surface area contributed by atoms with E-state index in [-0.39, 0.29) is 31.7 Å². The van der Waals surface area contributed by atoms with Crippen molar-refractivity contribution in [3.8, 4) is 11.5 Å². The van der Waals surface area contributed by atoms with Crippen molar-refractivity contribution in [3.63, 3.8) is 0 Å². The van der Waals surface area contributed by atoms with E-state index in [1.807, 2.05) is 30.1 Å². The lowest BCUT2D eigenvalue weighted by Gasteiger charge is -2.17. The zero-order chi connectivity index (χ0) is 21.6. The summed E-state index contributed by atoms with van der Waals surface area (Å²) in [5.41, 5.74) is 1.86. The maximum Gasteiger partial charge on any atom is 0.253 e. The molecule has 3 aromatic rings. The van der Waals surface area contributed by atoms with Crippen molar-refractivity contribution in [2.75, 3.05) is 25.7 Å². The second-order valence-electron chi connectivity index (χ2n) is 7.22. The highest BCUT2D eigenvalue weighted by Crippen LogP contribution is 2.32. The highest BCUT2D eigenvalue weighted by atomic mass is 16.7. The predicted molar refractivity (Wildman–Crippen MR) is 114 cm³/mol. The minimum Gasteiger partial charge on any atom is -0.467 e. The summed E-state index contributed by atoms with van der Waals surface area (Å²) in [5.74, 6) is 1.59. The SMILES string of the molecule is CN(CC(=O)Nc1ccccc1C(=O)NCc1ccco1)Cc1ccc2c(c1)OCO2. The maximum absolute atomic E-state index is 12.6. The molecule has 8 heteroatoms. The number of para-hydroxylation sites is 1. The van der Waals surface area contributed by atoms with E-state index in [9.17, 15) is 9.59 Å². The molecule has 2 N–H and O–H groups in total. The minimum absolute atomic E-state index is 0.163. The number of anilines is 1. The first-order chi connectivity index (χ1) is 15.1. The van der Waals surface area contributed by atoms with E-state index < -0.39 is 0 Å². The second-order valence-corrected chi connectivity index (χ2v) is 7.22. The summed E-state index contributed by atoms with van der Waals surface area (Å²) in [6.45, 7) is 1.23. The van der Waals surface area contributed by atoms with Gasteiger partial charge < -0.3 is 24.5 Å². The third-order valence-electron chi connectivity index (χ3n) is 4.75. The molecule has 2 aromatic carbocycles. The Kier molecular flexibility index (Phi) is 6.18. The van der Waals surface area contributed by atoms with Crippen LogP contribution in [0.5, 0.6) is 11.5 Å². The molecule has 0 fully saturated rings. The highest BCUT2D eigenvalue weighted by Gasteiger charge is 2.16. The van der Waals surface area contributed by atoms with Gasteiger partial charge in [0.15, 0.2) is 11.5 Å². The number of carbonyl (C=O) groups excluding carboxylic acids is 2. The molecular weight excluding hydrogens is 398 g/mol. The van der Waals surface area contributed by atoms with Crippen LogP contribution in [0.3, 0.4) is 0 Å². The quantitative estimate of drug-likeness (QED) is 0.581. The Morgan fingerprint density at radius 3 is 2.71 bits per heavy atom. The molecule has 1 aromatic heterocycles. The van der Waals surface area contributed by atoms with E-state index in [0.717, 1.165) is 11.3 Å². The Bertz CT molecular complexity index is 1060. The average molecular weight is 421 g/mol. The molecule has 0 bridgehead atoms. The van der Waals surface area contributed by atoms with Crippen molar-refractivity contribution >= 4 is 17.5 Å². The molecule has 8 nitrogen and oxygen atoms in total. The molecule has 1 aliphatic heterocycles. The summed E-state index contributed by atoms with van der Waals surface area (Å²) in [7, 11) is 1.85. The molecule has 0 unspecified atom stereocenters. The van der Waals surface area contributed by atoms with Crippen LogP contribution in [-0.2, 0) is 17.9 Å². The Labute approximate surface area is 179 Å². The predicted octanol–water partition coefficient (Wildman–Crippen LogP) is 3.01. The normalized spacial score (nSPS) is 12.1. The van der Waals surface area contributed by atoms with Crippen LogP contribution in [0.25, 0.3) is 0 Å². The fraction of sp³-hybridized carbons (Fsp3) is 0.217. The van der Waals surface area contributed by atoms with Crippen molar-refractivity contribution in [1.82, 2.24) is 10.2 Å². The van der Waals surface area contributed by atoms with Gasteiger partial charge in [-0.25, -0.2) is 0 Å². The average Bonchev–Trinajstić information content (AvgIpc) is 3.43. The van der Waals surface area contributed by atoms with Gasteiger partial charge in [-0.15, -0.1) is 0 Å². The first kappa shape index (κ1) is 20.5. The second kappa shape index (κ2) is 9.36. The highest BCUT2D eigenvalue weighted by molar-refractivity contribution is 6.04. The fourth-order valence-electron chi connectivity index (χ4n) is 3.31. The lowest BCUT2D eigenvalue weighted by molar-refractivity contribution is -0.117. The molecule has 2 heterocycles. The zero-order valence-electron chi connectivity index (χ0n) is 17.1. The van der Waals surface area contributed by atoms with Gasteiger partial charge in [0.1, 0.15) is 5.76 Å². The van der Waals surface area contributed by atoms with E-state index in [0.29, 0.717) is 29.3 Å². The topological polar surface area (TPSA) is 93.0 Å². The van der Waals surface area contributed by atoms with E-state index in [4.69, 9.17) is 13.9 Å². The van der Waals surface area contributed by atoms with Gasteiger partial charge in [-0.05, 0) is 49.0 Å². The number of hydrogen-bond acceptors (Lipinski definition) is 6. The van der Waals surface area contributed by atoms with Crippen LogP contribution < -0.4 is 20.1 Å².